The van der Waals surface area contributed by atoms with Crippen molar-refractivity contribution in [2.45, 2.75) is 26.4 Å². The van der Waals surface area contributed by atoms with Crippen molar-refractivity contribution in [2.24, 2.45) is 0 Å². The van der Waals surface area contributed by atoms with Crippen molar-refractivity contribution in [3.8, 4) is 0 Å². The highest BCUT2D eigenvalue weighted by atomic mass is 35.5. The van der Waals surface area contributed by atoms with Crippen molar-refractivity contribution in [1.29, 1.82) is 0 Å². The van der Waals surface area contributed by atoms with Gasteiger partial charge in [-0.2, -0.15) is 0 Å². The second-order valence-electron chi connectivity index (χ2n) is 3.55. The Hall–Kier alpha value is -1.19. The summed E-state index contributed by atoms with van der Waals surface area (Å²) in [5.74, 6) is 0. The third kappa shape index (κ3) is 6.19. The molecule has 3 nitrogen and oxygen atoms in total. The highest BCUT2D eigenvalue weighted by Gasteiger charge is 1.95. The maximum absolute atomic E-state index is 5.74. The quantitative estimate of drug-likeness (QED) is 0.574. The van der Waals surface area contributed by atoms with Crippen molar-refractivity contribution >= 4 is 17.7 Å². The van der Waals surface area contributed by atoms with Gasteiger partial charge in [0.1, 0.15) is 11.5 Å². The maximum atomic E-state index is 5.74. The fourth-order valence-corrected chi connectivity index (χ4v) is 1.45. The summed E-state index contributed by atoms with van der Waals surface area (Å²) in [5, 5.41) is 0.452. The molecule has 1 unspecified atom stereocenters. The van der Waals surface area contributed by atoms with Gasteiger partial charge in [0.25, 0.3) is 0 Å². The molecule has 0 amide bonds. The zero-order valence-corrected chi connectivity index (χ0v) is 10.9. The molecular formula is C13H17ClN2O. The Morgan fingerprint density at radius 2 is 2.24 bits per heavy atom. The average molecular weight is 253 g/mol. The van der Waals surface area contributed by atoms with Crippen LogP contribution < -0.4 is 0 Å². The second kappa shape index (κ2) is 7.98. The first kappa shape index (κ1) is 13.9. The minimum absolute atomic E-state index is 0.262. The smallest absolute Gasteiger partial charge is 0.133 e. The van der Waals surface area contributed by atoms with Gasteiger partial charge in [-0.05, 0) is 26.3 Å². The number of ether oxygens (including phenoxy) is 1. The van der Waals surface area contributed by atoms with Crippen molar-refractivity contribution < 1.29 is 4.74 Å². The Morgan fingerprint density at radius 3 is 2.94 bits per heavy atom. The fourth-order valence-electron chi connectivity index (χ4n) is 1.29. The van der Waals surface area contributed by atoms with Gasteiger partial charge in [-0.25, -0.2) is 9.97 Å². The first-order chi connectivity index (χ1) is 8.22. The average Bonchev–Trinajstić information content (AvgIpc) is 2.29. The lowest BCUT2D eigenvalue weighted by Crippen LogP contribution is -2.05. The molecule has 0 bridgehead atoms. The summed E-state index contributed by atoms with van der Waals surface area (Å²) >= 11 is 5.74. The molecule has 0 saturated heterocycles. The van der Waals surface area contributed by atoms with E-state index in [0.29, 0.717) is 5.15 Å². The van der Waals surface area contributed by atoms with Crippen LogP contribution in [-0.2, 0) is 4.74 Å². The van der Waals surface area contributed by atoms with Crippen LogP contribution in [0.3, 0.4) is 0 Å². The van der Waals surface area contributed by atoms with Crippen LogP contribution >= 0.6 is 11.6 Å². The Labute approximate surface area is 107 Å². The fraction of sp³-hybridized carbons (Fsp3) is 0.385. The summed E-state index contributed by atoms with van der Waals surface area (Å²) in [7, 11) is 0. The maximum Gasteiger partial charge on any atom is 0.133 e. The Kier molecular flexibility index (Phi) is 6.51. The number of allylic oxidation sites excluding steroid dienone is 2. The lowest BCUT2D eigenvalue weighted by atomic mass is 10.2. The third-order valence-corrected chi connectivity index (χ3v) is 2.29. The third-order valence-electron chi connectivity index (χ3n) is 2.09. The molecule has 1 rings (SSSR count). The normalized spacial score (nSPS) is 13.6. The number of hydrogen-bond donors (Lipinski definition) is 0. The Balaban J connectivity index is 2.37. The van der Waals surface area contributed by atoms with Crippen molar-refractivity contribution in [2.75, 3.05) is 6.61 Å². The van der Waals surface area contributed by atoms with Gasteiger partial charge in [0.2, 0.25) is 0 Å². The van der Waals surface area contributed by atoms with Crippen LogP contribution in [0.2, 0.25) is 5.15 Å². The second-order valence-corrected chi connectivity index (χ2v) is 3.94. The largest absolute Gasteiger partial charge is 0.378 e. The van der Waals surface area contributed by atoms with Gasteiger partial charge in [0.15, 0.2) is 0 Å². The molecule has 1 aromatic heterocycles. The molecule has 17 heavy (non-hydrogen) atoms. The highest BCUT2D eigenvalue weighted by molar-refractivity contribution is 6.29. The van der Waals surface area contributed by atoms with Gasteiger partial charge in [0.05, 0.1) is 11.8 Å². The Morgan fingerprint density at radius 1 is 1.41 bits per heavy atom. The van der Waals surface area contributed by atoms with E-state index in [0.717, 1.165) is 18.7 Å². The number of nitrogens with zero attached hydrogens (tertiary/aromatic N) is 2. The van der Waals surface area contributed by atoms with Gasteiger partial charge in [-0.3, -0.25) is 0 Å². The van der Waals surface area contributed by atoms with Crippen LogP contribution in [-0.4, -0.2) is 22.7 Å². The zero-order chi connectivity index (χ0) is 12.5. The molecule has 0 fully saturated rings. The molecule has 0 aromatic carbocycles. The van der Waals surface area contributed by atoms with E-state index < -0.39 is 0 Å². The molecule has 0 N–H and O–H groups in total. The predicted molar refractivity (Wildman–Crippen MR) is 70.9 cm³/mol. The van der Waals surface area contributed by atoms with Crippen molar-refractivity contribution in [3.63, 3.8) is 0 Å². The highest BCUT2D eigenvalue weighted by Crippen LogP contribution is 2.05. The Bertz CT molecular complexity index is 391. The van der Waals surface area contributed by atoms with E-state index in [-0.39, 0.29) is 6.10 Å². The SMILES string of the molecule is CCOC(C)C/C=C\C=C\c1cc(Cl)ncn1. The molecule has 0 aliphatic carbocycles. The molecule has 92 valence electrons. The van der Waals surface area contributed by atoms with Crippen LogP contribution in [0.5, 0.6) is 0 Å². The summed E-state index contributed by atoms with van der Waals surface area (Å²) in [6, 6.07) is 1.72. The van der Waals surface area contributed by atoms with E-state index in [1.54, 1.807) is 6.07 Å². The van der Waals surface area contributed by atoms with Gasteiger partial charge >= 0.3 is 0 Å². The van der Waals surface area contributed by atoms with Gasteiger partial charge in [0, 0.05) is 12.7 Å². The molecule has 4 heteroatoms. The van der Waals surface area contributed by atoms with Gasteiger partial charge < -0.3 is 4.74 Å². The summed E-state index contributed by atoms with van der Waals surface area (Å²) < 4.78 is 5.41. The summed E-state index contributed by atoms with van der Waals surface area (Å²) in [4.78, 5) is 7.87. The molecular weight excluding hydrogens is 236 g/mol. The van der Waals surface area contributed by atoms with E-state index in [4.69, 9.17) is 16.3 Å². The van der Waals surface area contributed by atoms with E-state index >= 15 is 0 Å². The lowest BCUT2D eigenvalue weighted by molar-refractivity contribution is 0.0787. The van der Waals surface area contributed by atoms with Crippen molar-refractivity contribution in [1.82, 2.24) is 9.97 Å². The molecule has 0 saturated carbocycles. The number of rotatable bonds is 6. The minimum atomic E-state index is 0.262. The molecule has 1 heterocycles. The van der Waals surface area contributed by atoms with Gasteiger partial charge in [-0.1, -0.05) is 29.8 Å². The summed E-state index contributed by atoms with van der Waals surface area (Å²) in [6.45, 7) is 4.81. The van der Waals surface area contributed by atoms with Gasteiger partial charge in [-0.15, -0.1) is 0 Å². The van der Waals surface area contributed by atoms with Crippen LogP contribution in [0.1, 0.15) is 26.0 Å². The molecule has 0 radical (unpaired) electrons. The molecule has 0 aliphatic rings. The van der Waals surface area contributed by atoms with E-state index in [2.05, 4.69) is 23.0 Å². The monoisotopic (exact) mass is 252 g/mol. The number of hydrogen-bond acceptors (Lipinski definition) is 3. The first-order valence-corrected chi connectivity index (χ1v) is 6.02. The topological polar surface area (TPSA) is 35.0 Å². The minimum Gasteiger partial charge on any atom is -0.378 e. The molecule has 1 atom stereocenters. The van der Waals surface area contributed by atoms with Crippen molar-refractivity contribution in [3.05, 3.63) is 41.5 Å². The van der Waals surface area contributed by atoms with Crippen LogP contribution in [0.15, 0.2) is 30.6 Å². The zero-order valence-electron chi connectivity index (χ0n) is 10.1. The summed E-state index contributed by atoms with van der Waals surface area (Å²) in [6.07, 6.45) is 10.5. The van der Waals surface area contributed by atoms with Crippen LogP contribution in [0.25, 0.3) is 6.08 Å². The lowest BCUT2D eigenvalue weighted by Gasteiger charge is -2.06. The molecule has 0 aliphatic heterocycles. The standard InChI is InChI=1S/C13H17ClN2O/c1-3-17-11(2)7-5-4-6-8-12-9-13(14)16-10-15-12/h4-6,8-11H,3,7H2,1-2H3/b5-4-,8-6+. The first-order valence-electron chi connectivity index (χ1n) is 5.64. The van der Waals surface area contributed by atoms with E-state index in [1.165, 1.54) is 6.33 Å². The van der Waals surface area contributed by atoms with Crippen LogP contribution in [0, 0.1) is 0 Å². The van der Waals surface area contributed by atoms with E-state index in [1.807, 2.05) is 25.2 Å². The molecule has 1 aromatic rings. The summed E-state index contributed by atoms with van der Waals surface area (Å²) in [5.41, 5.74) is 0.799. The predicted octanol–water partition coefficient (Wildman–Crippen LogP) is 3.51. The number of aromatic nitrogens is 2. The van der Waals surface area contributed by atoms with E-state index in [9.17, 15) is 0 Å². The number of halogens is 1. The van der Waals surface area contributed by atoms with Crippen LogP contribution in [0.4, 0.5) is 0 Å². The molecule has 0 spiro atoms.